The van der Waals surface area contributed by atoms with Crippen LogP contribution in [0.4, 0.5) is 0 Å². The predicted molar refractivity (Wildman–Crippen MR) is 65.8 cm³/mol. The van der Waals surface area contributed by atoms with Crippen LogP contribution in [-0.4, -0.2) is 23.5 Å². The summed E-state index contributed by atoms with van der Waals surface area (Å²) in [6.45, 7) is 0. The average Bonchev–Trinajstić information content (AvgIpc) is 2.36. The number of aromatic nitrogens is 1. The highest BCUT2D eigenvalue weighted by atomic mass is 16.5. The zero-order valence-electron chi connectivity index (χ0n) is 10.4. The standard InChI is InChI=1S/C14H16N2O2/c1-18-14(5-3-6-14)8-13(17)12(9-15)11-4-2-7-16-10-11/h2,4,7,10,12H,3,5-6,8H2,1H3. The summed E-state index contributed by atoms with van der Waals surface area (Å²) < 4.78 is 5.43. The molecule has 0 aliphatic heterocycles. The van der Waals surface area contributed by atoms with Crippen LogP contribution in [0.25, 0.3) is 0 Å². The maximum absolute atomic E-state index is 12.2. The summed E-state index contributed by atoms with van der Waals surface area (Å²) in [4.78, 5) is 16.2. The van der Waals surface area contributed by atoms with E-state index < -0.39 is 5.92 Å². The topological polar surface area (TPSA) is 63.0 Å². The van der Waals surface area contributed by atoms with E-state index in [1.165, 1.54) is 0 Å². The third-order valence-electron chi connectivity index (χ3n) is 3.66. The predicted octanol–water partition coefficient (Wildman–Crippen LogP) is 2.22. The molecule has 4 heteroatoms. The first-order valence-electron chi connectivity index (χ1n) is 6.08. The summed E-state index contributed by atoms with van der Waals surface area (Å²) in [6, 6.07) is 5.57. The Balaban J connectivity index is 2.10. The molecule has 1 saturated carbocycles. The number of carbonyl (C=O) groups excluding carboxylic acids is 1. The number of methoxy groups -OCH3 is 1. The van der Waals surface area contributed by atoms with Crippen molar-refractivity contribution >= 4 is 5.78 Å². The Kier molecular flexibility index (Phi) is 3.73. The molecular formula is C14H16N2O2. The first-order valence-corrected chi connectivity index (χ1v) is 6.08. The van der Waals surface area contributed by atoms with Gasteiger partial charge in [0.25, 0.3) is 0 Å². The van der Waals surface area contributed by atoms with Gasteiger partial charge in [0.05, 0.1) is 11.7 Å². The number of hydrogen-bond acceptors (Lipinski definition) is 4. The molecule has 0 bridgehead atoms. The number of Topliss-reactive ketones (excluding diaryl/α,β-unsaturated/α-hetero) is 1. The Hall–Kier alpha value is -1.73. The molecule has 0 amide bonds. The molecule has 1 aliphatic carbocycles. The van der Waals surface area contributed by atoms with Gasteiger partial charge in [-0.05, 0) is 30.9 Å². The van der Waals surface area contributed by atoms with Gasteiger partial charge in [-0.15, -0.1) is 0 Å². The second-order valence-corrected chi connectivity index (χ2v) is 4.73. The van der Waals surface area contributed by atoms with Gasteiger partial charge in [-0.2, -0.15) is 5.26 Å². The van der Waals surface area contributed by atoms with E-state index in [4.69, 9.17) is 4.74 Å². The van der Waals surface area contributed by atoms with Crippen LogP contribution < -0.4 is 0 Å². The van der Waals surface area contributed by atoms with Crippen molar-refractivity contribution in [3.05, 3.63) is 30.1 Å². The number of nitrogens with zero attached hydrogens (tertiary/aromatic N) is 2. The summed E-state index contributed by atoms with van der Waals surface area (Å²) in [6.07, 6.45) is 6.42. The number of rotatable bonds is 5. The summed E-state index contributed by atoms with van der Waals surface area (Å²) in [5, 5.41) is 9.17. The van der Waals surface area contributed by atoms with Crippen molar-refractivity contribution in [3.8, 4) is 6.07 Å². The molecule has 0 saturated heterocycles. The molecule has 1 atom stereocenters. The molecule has 4 nitrogen and oxygen atoms in total. The number of hydrogen-bond donors (Lipinski definition) is 0. The first kappa shape index (κ1) is 12.7. The van der Waals surface area contributed by atoms with Crippen molar-refractivity contribution in [2.24, 2.45) is 0 Å². The van der Waals surface area contributed by atoms with E-state index in [1.807, 2.05) is 0 Å². The van der Waals surface area contributed by atoms with Crippen LogP contribution in [0.15, 0.2) is 24.5 Å². The molecule has 0 aromatic carbocycles. The summed E-state index contributed by atoms with van der Waals surface area (Å²) >= 11 is 0. The number of carbonyl (C=O) groups is 1. The molecule has 1 unspecified atom stereocenters. The third-order valence-corrected chi connectivity index (χ3v) is 3.66. The van der Waals surface area contributed by atoms with Gasteiger partial charge in [0.1, 0.15) is 5.92 Å². The summed E-state index contributed by atoms with van der Waals surface area (Å²) in [7, 11) is 1.64. The van der Waals surface area contributed by atoms with Crippen molar-refractivity contribution < 1.29 is 9.53 Å². The van der Waals surface area contributed by atoms with Gasteiger partial charge < -0.3 is 4.74 Å². The minimum Gasteiger partial charge on any atom is -0.378 e. The molecule has 1 aromatic rings. The van der Waals surface area contributed by atoms with Crippen LogP contribution in [0.1, 0.15) is 37.2 Å². The molecule has 0 N–H and O–H groups in total. The van der Waals surface area contributed by atoms with E-state index in [1.54, 1.807) is 31.6 Å². The van der Waals surface area contributed by atoms with Gasteiger partial charge in [-0.3, -0.25) is 9.78 Å². The Morgan fingerprint density at radius 3 is 2.89 bits per heavy atom. The SMILES string of the molecule is COC1(CC(=O)C(C#N)c2cccnc2)CCC1. The lowest BCUT2D eigenvalue weighted by Gasteiger charge is -2.40. The fraction of sp³-hybridized carbons (Fsp3) is 0.500. The molecule has 0 spiro atoms. The normalized spacial score (nSPS) is 18.4. The van der Waals surface area contributed by atoms with Gasteiger partial charge in [-0.25, -0.2) is 0 Å². The van der Waals surface area contributed by atoms with Crippen LogP contribution in [0.3, 0.4) is 0 Å². The van der Waals surface area contributed by atoms with E-state index in [2.05, 4.69) is 11.1 Å². The third kappa shape index (κ3) is 2.41. The molecular weight excluding hydrogens is 228 g/mol. The highest BCUT2D eigenvalue weighted by Crippen LogP contribution is 2.39. The van der Waals surface area contributed by atoms with Crippen LogP contribution in [0.5, 0.6) is 0 Å². The average molecular weight is 244 g/mol. The second-order valence-electron chi connectivity index (χ2n) is 4.73. The lowest BCUT2D eigenvalue weighted by molar-refractivity contribution is -0.132. The summed E-state index contributed by atoms with van der Waals surface area (Å²) in [5.41, 5.74) is 0.338. The lowest BCUT2D eigenvalue weighted by atomic mass is 9.74. The van der Waals surface area contributed by atoms with Crippen LogP contribution in [-0.2, 0) is 9.53 Å². The highest BCUT2D eigenvalue weighted by molar-refractivity contribution is 5.89. The fourth-order valence-corrected chi connectivity index (χ4v) is 2.32. The Morgan fingerprint density at radius 2 is 2.44 bits per heavy atom. The second kappa shape index (κ2) is 5.28. The van der Waals surface area contributed by atoms with Gasteiger partial charge in [0.2, 0.25) is 0 Å². The zero-order valence-corrected chi connectivity index (χ0v) is 10.4. The molecule has 1 aliphatic rings. The molecule has 1 fully saturated rings. The van der Waals surface area contributed by atoms with E-state index in [0.717, 1.165) is 19.3 Å². The zero-order chi connectivity index (χ0) is 13.0. The largest absolute Gasteiger partial charge is 0.378 e. The van der Waals surface area contributed by atoms with Gasteiger partial charge in [-0.1, -0.05) is 6.07 Å². The van der Waals surface area contributed by atoms with Gasteiger partial charge in [0.15, 0.2) is 5.78 Å². The molecule has 0 radical (unpaired) electrons. The molecule has 94 valence electrons. The van der Waals surface area contributed by atoms with Crippen LogP contribution in [0.2, 0.25) is 0 Å². The molecule has 18 heavy (non-hydrogen) atoms. The Labute approximate surface area is 107 Å². The minimum absolute atomic E-state index is 0.0768. The van der Waals surface area contributed by atoms with E-state index >= 15 is 0 Å². The first-order chi connectivity index (χ1) is 8.71. The Bertz CT molecular complexity index is 455. The number of ketones is 1. The van der Waals surface area contributed by atoms with Crippen molar-refractivity contribution in [3.63, 3.8) is 0 Å². The van der Waals surface area contributed by atoms with Gasteiger partial charge >= 0.3 is 0 Å². The van der Waals surface area contributed by atoms with E-state index in [0.29, 0.717) is 12.0 Å². The van der Waals surface area contributed by atoms with E-state index in [9.17, 15) is 10.1 Å². The maximum Gasteiger partial charge on any atom is 0.157 e. The monoisotopic (exact) mass is 244 g/mol. The van der Waals surface area contributed by atoms with Crippen LogP contribution >= 0.6 is 0 Å². The lowest BCUT2D eigenvalue weighted by Crippen LogP contribution is -2.42. The number of nitriles is 1. The van der Waals surface area contributed by atoms with Crippen LogP contribution in [0, 0.1) is 11.3 Å². The highest BCUT2D eigenvalue weighted by Gasteiger charge is 2.40. The Morgan fingerprint density at radius 1 is 1.67 bits per heavy atom. The quantitative estimate of drug-likeness (QED) is 0.796. The van der Waals surface area contributed by atoms with Crippen molar-refractivity contribution in [2.45, 2.75) is 37.2 Å². The van der Waals surface area contributed by atoms with Gasteiger partial charge in [0, 0.05) is 25.9 Å². The molecule has 1 heterocycles. The molecule has 1 aromatic heterocycles. The van der Waals surface area contributed by atoms with Crippen molar-refractivity contribution in [1.29, 1.82) is 5.26 Å². The number of ether oxygens (including phenoxy) is 1. The minimum atomic E-state index is -0.730. The van der Waals surface area contributed by atoms with Crippen molar-refractivity contribution in [2.75, 3.05) is 7.11 Å². The van der Waals surface area contributed by atoms with E-state index in [-0.39, 0.29) is 11.4 Å². The fourth-order valence-electron chi connectivity index (χ4n) is 2.32. The maximum atomic E-state index is 12.2. The summed E-state index contributed by atoms with van der Waals surface area (Å²) in [5.74, 6) is -0.807. The molecule has 2 rings (SSSR count). The smallest absolute Gasteiger partial charge is 0.157 e. The number of pyridine rings is 1. The van der Waals surface area contributed by atoms with Crippen molar-refractivity contribution in [1.82, 2.24) is 4.98 Å².